The molecule has 4 aromatic rings. The van der Waals surface area contributed by atoms with E-state index < -0.39 is 0 Å². The summed E-state index contributed by atoms with van der Waals surface area (Å²) in [5, 5.41) is 7.73. The third-order valence-electron chi connectivity index (χ3n) is 5.75. The zero-order chi connectivity index (χ0) is 19.3. The van der Waals surface area contributed by atoms with Crippen LogP contribution in [0.5, 0.6) is 0 Å². The highest BCUT2D eigenvalue weighted by Gasteiger charge is 2.20. The van der Waals surface area contributed by atoms with Crippen molar-refractivity contribution in [2.75, 3.05) is 0 Å². The van der Waals surface area contributed by atoms with Crippen molar-refractivity contribution in [3.63, 3.8) is 0 Å². The first-order valence-electron chi connectivity index (χ1n) is 9.40. The van der Waals surface area contributed by atoms with Gasteiger partial charge in [-0.05, 0) is 68.5 Å². The summed E-state index contributed by atoms with van der Waals surface area (Å²) >= 11 is 0. The maximum Gasteiger partial charge on any atom is 0.251 e. The van der Waals surface area contributed by atoms with E-state index >= 15 is 0 Å². The van der Waals surface area contributed by atoms with Crippen LogP contribution in [0, 0.1) is 6.92 Å². The average molecular weight is 359 g/mol. The van der Waals surface area contributed by atoms with Crippen molar-refractivity contribution < 1.29 is 4.79 Å². The molecule has 138 valence electrons. The molecule has 0 spiro atoms. The Hall–Kier alpha value is -2.88. The number of nitrogens with zero attached hydrogens (tertiary/aromatic N) is 2. The number of nitrogens with one attached hydrogen (secondary N) is 1. The molecule has 2 aromatic carbocycles. The van der Waals surface area contributed by atoms with Crippen molar-refractivity contribution in [1.29, 1.82) is 0 Å². The molecule has 0 aliphatic heterocycles. The van der Waals surface area contributed by atoms with E-state index in [1.165, 1.54) is 16.5 Å². The zero-order valence-corrected chi connectivity index (χ0v) is 16.6. The van der Waals surface area contributed by atoms with E-state index in [2.05, 4.69) is 47.9 Å². The van der Waals surface area contributed by atoms with E-state index in [-0.39, 0.29) is 11.4 Å². The van der Waals surface area contributed by atoms with E-state index in [0.717, 1.165) is 28.1 Å². The van der Waals surface area contributed by atoms with Crippen LogP contribution in [0.1, 0.15) is 43.1 Å². The van der Waals surface area contributed by atoms with Crippen LogP contribution in [0.25, 0.3) is 32.6 Å². The molecule has 1 amide bonds. The van der Waals surface area contributed by atoms with E-state index in [1.54, 1.807) is 0 Å². The number of aryl methyl sites for hydroxylation is 2. The summed E-state index contributed by atoms with van der Waals surface area (Å²) in [4.78, 5) is 17.0. The summed E-state index contributed by atoms with van der Waals surface area (Å²) in [6, 6.07) is 10.2. The number of aromatic nitrogens is 2. The molecule has 1 N–H and O–H groups in total. The Labute approximate surface area is 159 Å². The molecule has 2 aromatic heterocycles. The summed E-state index contributed by atoms with van der Waals surface area (Å²) < 4.78 is 2.22. The number of rotatable bonds is 3. The Morgan fingerprint density at radius 1 is 1.15 bits per heavy atom. The van der Waals surface area contributed by atoms with Gasteiger partial charge in [-0.2, -0.15) is 0 Å². The lowest BCUT2D eigenvalue weighted by atomic mass is 10.00. The van der Waals surface area contributed by atoms with Gasteiger partial charge in [0.05, 0.1) is 5.52 Å². The molecule has 4 heteroatoms. The maximum absolute atomic E-state index is 12.8. The largest absolute Gasteiger partial charge is 0.347 e. The minimum Gasteiger partial charge on any atom is -0.347 e. The van der Waals surface area contributed by atoms with Crippen LogP contribution in [-0.4, -0.2) is 21.0 Å². The van der Waals surface area contributed by atoms with Crippen molar-refractivity contribution in [3.8, 4) is 0 Å². The highest BCUT2D eigenvalue weighted by atomic mass is 16.1. The standard InChI is InChI=1S/C23H25N3O/c1-6-23(3,4)25-22(27)15-7-8-20-18(11-15)19-12-16-13-24-10-9-17(16)14(2)21(19)26(20)5/h7-13H,6H2,1-5H3,(H,25,27). The van der Waals surface area contributed by atoms with Gasteiger partial charge in [0.1, 0.15) is 0 Å². The smallest absolute Gasteiger partial charge is 0.251 e. The van der Waals surface area contributed by atoms with Crippen LogP contribution in [0.4, 0.5) is 0 Å². The van der Waals surface area contributed by atoms with Crippen molar-refractivity contribution in [3.05, 3.63) is 53.9 Å². The Balaban J connectivity index is 1.96. The van der Waals surface area contributed by atoms with Gasteiger partial charge in [-0.25, -0.2) is 0 Å². The second-order valence-electron chi connectivity index (χ2n) is 7.98. The highest BCUT2D eigenvalue weighted by Crippen LogP contribution is 2.35. The molecule has 27 heavy (non-hydrogen) atoms. The number of benzene rings is 2. The fourth-order valence-electron chi connectivity index (χ4n) is 3.83. The first-order chi connectivity index (χ1) is 12.8. The molecule has 0 bridgehead atoms. The first-order valence-corrected chi connectivity index (χ1v) is 9.40. The fourth-order valence-corrected chi connectivity index (χ4v) is 3.83. The Morgan fingerprint density at radius 3 is 2.67 bits per heavy atom. The molecule has 0 fully saturated rings. The lowest BCUT2D eigenvalue weighted by molar-refractivity contribution is 0.0911. The quantitative estimate of drug-likeness (QED) is 0.553. The molecule has 4 nitrogen and oxygen atoms in total. The fraction of sp³-hybridized carbons (Fsp3) is 0.304. The molecule has 0 saturated heterocycles. The highest BCUT2D eigenvalue weighted by molar-refractivity contribution is 6.15. The number of hydrogen-bond acceptors (Lipinski definition) is 2. The zero-order valence-electron chi connectivity index (χ0n) is 16.6. The number of carbonyl (C=O) groups is 1. The van der Waals surface area contributed by atoms with Crippen LogP contribution in [0.3, 0.4) is 0 Å². The molecule has 0 saturated carbocycles. The van der Waals surface area contributed by atoms with E-state index in [4.69, 9.17) is 0 Å². The van der Waals surface area contributed by atoms with Gasteiger partial charge in [-0.3, -0.25) is 9.78 Å². The van der Waals surface area contributed by atoms with Crippen LogP contribution < -0.4 is 5.32 Å². The molecule has 0 radical (unpaired) electrons. The molecule has 4 rings (SSSR count). The number of hydrogen-bond donors (Lipinski definition) is 1. The predicted octanol–water partition coefficient (Wildman–Crippen LogP) is 5.11. The molecule has 2 heterocycles. The maximum atomic E-state index is 12.8. The summed E-state index contributed by atoms with van der Waals surface area (Å²) in [5.74, 6) is -0.0278. The van der Waals surface area contributed by atoms with E-state index in [1.807, 2.05) is 44.4 Å². The van der Waals surface area contributed by atoms with Gasteiger partial charge in [0.15, 0.2) is 0 Å². The van der Waals surface area contributed by atoms with Gasteiger partial charge in [0.25, 0.3) is 5.91 Å². The number of fused-ring (bicyclic) bond motifs is 4. The summed E-state index contributed by atoms with van der Waals surface area (Å²) in [5.41, 5.74) is 4.04. The second kappa shape index (κ2) is 6.08. The Kier molecular flexibility index (Phi) is 3.95. The SMILES string of the molecule is CCC(C)(C)NC(=O)c1ccc2c(c1)c1cc3cnccc3c(C)c1n2C. The van der Waals surface area contributed by atoms with Gasteiger partial charge < -0.3 is 9.88 Å². The van der Waals surface area contributed by atoms with Crippen molar-refractivity contribution in [2.24, 2.45) is 7.05 Å². The number of pyridine rings is 1. The summed E-state index contributed by atoms with van der Waals surface area (Å²) in [7, 11) is 2.09. The lowest BCUT2D eigenvalue weighted by Crippen LogP contribution is -2.42. The van der Waals surface area contributed by atoms with E-state index in [0.29, 0.717) is 5.56 Å². The van der Waals surface area contributed by atoms with Gasteiger partial charge in [0, 0.05) is 52.2 Å². The lowest BCUT2D eigenvalue weighted by Gasteiger charge is -2.24. The van der Waals surface area contributed by atoms with Crippen LogP contribution in [-0.2, 0) is 7.05 Å². The molecule has 0 atom stereocenters. The third-order valence-corrected chi connectivity index (χ3v) is 5.75. The average Bonchev–Trinajstić information content (AvgIpc) is 2.94. The first kappa shape index (κ1) is 17.5. The minimum atomic E-state index is -0.219. The Morgan fingerprint density at radius 2 is 1.93 bits per heavy atom. The Bertz CT molecular complexity index is 1200. The van der Waals surface area contributed by atoms with Gasteiger partial charge >= 0.3 is 0 Å². The summed E-state index contributed by atoms with van der Waals surface area (Å²) in [6.07, 6.45) is 4.62. The molecule has 0 aliphatic rings. The predicted molar refractivity (Wildman–Crippen MR) is 112 cm³/mol. The normalized spacial score (nSPS) is 12.2. The van der Waals surface area contributed by atoms with E-state index in [9.17, 15) is 4.79 Å². The molecule has 0 aliphatic carbocycles. The third kappa shape index (κ3) is 2.76. The second-order valence-corrected chi connectivity index (χ2v) is 7.98. The topological polar surface area (TPSA) is 46.9 Å². The molecular weight excluding hydrogens is 334 g/mol. The van der Waals surface area contributed by atoms with Crippen LogP contribution in [0.15, 0.2) is 42.7 Å². The minimum absolute atomic E-state index is 0.0278. The van der Waals surface area contributed by atoms with Crippen molar-refractivity contribution in [2.45, 2.75) is 39.7 Å². The monoisotopic (exact) mass is 359 g/mol. The summed E-state index contributed by atoms with van der Waals surface area (Å²) in [6.45, 7) is 8.32. The molecular formula is C23H25N3O. The van der Waals surface area contributed by atoms with Crippen LogP contribution >= 0.6 is 0 Å². The van der Waals surface area contributed by atoms with Gasteiger partial charge in [-0.15, -0.1) is 0 Å². The molecule has 0 unspecified atom stereocenters. The number of amides is 1. The van der Waals surface area contributed by atoms with Crippen molar-refractivity contribution >= 4 is 38.5 Å². The number of carbonyl (C=O) groups excluding carboxylic acids is 1. The van der Waals surface area contributed by atoms with Gasteiger partial charge in [-0.1, -0.05) is 6.92 Å². The van der Waals surface area contributed by atoms with Gasteiger partial charge in [0.2, 0.25) is 0 Å². The van der Waals surface area contributed by atoms with Crippen LogP contribution in [0.2, 0.25) is 0 Å². The van der Waals surface area contributed by atoms with Crippen molar-refractivity contribution in [1.82, 2.24) is 14.9 Å².